The van der Waals surface area contributed by atoms with E-state index in [2.05, 4.69) is 19.1 Å². The molecule has 0 saturated heterocycles. The average molecular weight is 224 g/mol. The molecule has 0 unspecified atom stereocenters. The van der Waals surface area contributed by atoms with Gasteiger partial charge in [-0.15, -0.1) is 11.3 Å². The molecule has 1 aromatic heterocycles. The molecule has 0 aliphatic heterocycles. The molecule has 1 heterocycles. The van der Waals surface area contributed by atoms with Crippen molar-refractivity contribution in [3.05, 3.63) is 40.2 Å². The second-order valence-electron chi connectivity index (χ2n) is 3.14. The van der Waals surface area contributed by atoms with Crippen LogP contribution in [0.1, 0.15) is 4.88 Å². The van der Waals surface area contributed by atoms with Gasteiger partial charge in [0.25, 0.3) is 0 Å². The van der Waals surface area contributed by atoms with Gasteiger partial charge in [-0.1, -0.05) is 17.7 Å². The minimum atomic E-state index is 0.680. The molecule has 0 bridgehead atoms. The van der Waals surface area contributed by atoms with Gasteiger partial charge >= 0.3 is 0 Å². The summed E-state index contributed by atoms with van der Waals surface area (Å²) in [6, 6.07) is 9.78. The molecule has 0 atom stereocenters. The topological polar surface area (TPSA) is 26.0 Å². The summed E-state index contributed by atoms with van der Waals surface area (Å²) in [7, 11) is 0. The lowest BCUT2D eigenvalue weighted by Gasteiger charge is -2.02. The lowest BCUT2D eigenvalue weighted by atomic mass is 10.1. The second-order valence-corrected chi connectivity index (χ2v) is 4.87. The largest absolute Gasteiger partial charge is 0.398 e. The Bertz CT molecular complexity index is 462. The normalized spacial score (nSPS) is 10.4. The second kappa shape index (κ2) is 3.64. The number of hydrogen-bond donors (Lipinski definition) is 1. The number of anilines is 1. The summed E-state index contributed by atoms with van der Waals surface area (Å²) >= 11 is 7.57. The Morgan fingerprint density at radius 2 is 2.00 bits per heavy atom. The third-order valence-electron chi connectivity index (χ3n) is 2.02. The lowest BCUT2D eigenvalue weighted by Crippen LogP contribution is -1.87. The molecular weight excluding hydrogens is 214 g/mol. The molecule has 0 aliphatic rings. The van der Waals surface area contributed by atoms with Crippen molar-refractivity contribution in [3.63, 3.8) is 0 Å². The number of rotatable bonds is 1. The number of hydrogen-bond acceptors (Lipinski definition) is 2. The van der Waals surface area contributed by atoms with Crippen LogP contribution < -0.4 is 5.73 Å². The number of thiophene rings is 1. The van der Waals surface area contributed by atoms with E-state index in [4.69, 9.17) is 17.3 Å². The van der Waals surface area contributed by atoms with Crippen molar-refractivity contribution in [2.75, 3.05) is 5.73 Å². The number of benzene rings is 1. The molecule has 2 aromatic rings. The molecule has 0 spiro atoms. The van der Waals surface area contributed by atoms with Crippen molar-refractivity contribution in [2.24, 2.45) is 0 Å². The summed E-state index contributed by atoms with van der Waals surface area (Å²) in [6.45, 7) is 2.08. The van der Waals surface area contributed by atoms with Crippen LogP contribution in [0.25, 0.3) is 10.4 Å². The van der Waals surface area contributed by atoms with Gasteiger partial charge in [0.05, 0.1) is 0 Å². The molecule has 3 heteroatoms. The molecule has 0 saturated carbocycles. The number of halogens is 1. The summed E-state index contributed by atoms with van der Waals surface area (Å²) in [4.78, 5) is 2.48. The fourth-order valence-electron chi connectivity index (χ4n) is 1.34. The molecule has 0 amide bonds. The molecule has 14 heavy (non-hydrogen) atoms. The summed E-state index contributed by atoms with van der Waals surface area (Å²) in [5.41, 5.74) is 7.68. The van der Waals surface area contributed by atoms with Gasteiger partial charge in [-0.05, 0) is 31.2 Å². The molecule has 72 valence electrons. The SMILES string of the molecule is Cc1ccc(-c2ccc(Cl)cc2N)s1. The Hall–Kier alpha value is -0.990. The Balaban J connectivity index is 2.52. The van der Waals surface area contributed by atoms with Crippen LogP contribution in [-0.4, -0.2) is 0 Å². The van der Waals surface area contributed by atoms with E-state index < -0.39 is 0 Å². The van der Waals surface area contributed by atoms with Crippen LogP contribution in [0.5, 0.6) is 0 Å². The zero-order chi connectivity index (χ0) is 10.1. The van der Waals surface area contributed by atoms with Crippen molar-refractivity contribution < 1.29 is 0 Å². The van der Waals surface area contributed by atoms with Crippen molar-refractivity contribution in [3.8, 4) is 10.4 Å². The maximum absolute atomic E-state index is 5.88. The summed E-state index contributed by atoms with van der Waals surface area (Å²) < 4.78 is 0. The first-order chi connectivity index (χ1) is 6.66. The number of nitrogens with two attached hydrogens (primary N) is 1. The van der Waals surface area contributed by atoms with E-state index in [9.17, 15) is 0 Å². The lowest BCUT2D eigenvalue weighted by molar-refractivity contribution is 1.64. The number of aryl methyl sites for hydroxylation is 1. The molecule has 2 rings (SSSR count). The van der Waals surface area contributed by atoms with E-state index in [-0.39, 0.29) is 0 Å². The van der Waals surface area contributed by atoms with E-state index in [0.717, 1.165) is 11.3 Å². The molecule has 1 aromatic carbocycles. The van der Waals surface area contributed by atoms with Crippen LogP contribution in [0.3, 0.4) is 0 Å². The fourth-order valence-corrected chi connectivity index (χ4v) is 2.43. The Morgan fingerprint density at radius 3 is 2.57 bits per heavy atom. The van der Waals surface area contributed by atoms with Crippen LogP contribution >= 0.6 is 22.9 Å². The van der Waals surface area contributed by atoms with E-state index in [1.165, 1.54) is 9.75 Å². The molecule has 0 radical (unpaired) electrons. The van der Waals surface area contributed by atoms with E-state index in [0.29, 0.717) is 5.02 Å². The Morgan fingerprint density at radius 1 is 1.21 bits per heavy atom. The Kier molecular flexibility index (Phi) is 2.48. The van der Waals surface area contributed by atoms with Gasteiger partial charge in [0.15, 0.2) is 0 Å². The Labute approximate surface area is 92.1 Å². The van der Waals surface area contributed by atoms with Gasteiger partial charge in [0.2, 0.25) is 0 Å². The highest BCUT2D eigenvalue weighted by molar-refractivity contribution is 7.15. The molecular formula is C11H10ClNS. The molecule has 0 aliphatic carbocycles. The quantitative estimate of drug-likeness (QED) is 0.728. The zero-order valence-electron chi connectivity index (χ0n) is 7.75. The van der Waals surface area contributed by atoms with Gasteiger partial charge in [-0.3, -0.25) is 0 Å². The van der Waals surface area contributed by atoms with Gasteiger partial charge in [-0.2, -0.15) is 0 Å². The molecule has 2 N–H and O–H groups in total. The van der Waals surface area contributed by atoms with Crippen molar-refractivity contribution in [2.45, 2.75) is 6.92 Å². The summed E-state index contributed by atoms with van der Waals surface area (Å²) in [6.07, 6.45) is 0. The van der Waals surface area contributed by atoms with Crippen molar-refractivity contribution in [1.82, 2.24) is 0 Å². The van der Waals surface area contributed by atoms with Gasteiger partial charge in [0, 0.05) is 26.0 Å². The predicted octanol–water partition coefficient (Wildman–Crippen LogP) is 3.96. The highest BCUT2D eigenvalue weighted by atomic mass is 35.5. The van der Waals surface area contributed by atoms with Crippen LogP contribution in [0.2, 0.25) is 5.02 Å². The summed E-state index contributed by atoms with van der Waals surface area (Å²) in [5.74, 6) is 0. The maximum atomic E-state index is 5.88. The van der Waals surface area contributed by atoms with E-state index in [1.54, 1.807) is 17.4 Å². The first kappa shape index (κ1) is 9.56. The smallest absolute Gasteiger partial charge is 0.0426 e. The summed E-state index contributed by atoms with van der Waals surface area (Å²) in [5, 5.41) is 0.680. The average Bonchev–Trinajstić information content (AvgIpc) is 2.51. The van der Waals surface area contributed by atoms with Gasteiger partial charge in [-0.25, -0.2) is 0 Å². The third-order valence-corrected chi connectivity index (χ3v) is 3.29. The van der Waals surface area contributed by atoms with Crippen LogP contribution in [0, 0.1) is 6.92 Å². The molecule has 0 fully saturated rings. The maximum Gasteiger partial charge on any atom is 0.0426 e. The van der Waals surface area contributed by atoms with Crippen molar-refractivity contribution >= 4 is 28.6 Å². The minimum Gasteiger partial charge on any atom is -0.398 e. The van der Waals surface area contributed by atoms with Gasteiger partial charge in [0.1, 0.15) is 0 Å². The van der Waals surface area contributed by atoms with Crippen molar-refractivity contribution in [1.29, 1.82) is 0 Å². The van der Waals surface area contributed by atoms with Gasteiger partial charge < -0.3 is 5.73 Å². The van der Waals surface area contributed by atoms with Crippen LogP contribution in [0.4, 0.5) is 5.69 Å². The zero-order valence-corrected chi connectivity index (χ0v) is 9.32. The highest BCUT2D eigenvalue weighted by Gasteiger charge is 2.04. The molecule has 1 nitrogen and oxygen atoms in total. The predicted molar refractivity (Wildman–Crippen MR) is 63.9 cm³/mol. The van der Waals surface area contributed by atoms with E-state index >= 15 is 0 Å². The monoisotopic (exact) mass is 223 g/mol. The third kappa shape index (κ3) is 1.76. The van der Waals surface area contributed by atoms with Crippen LogP contribution in [-0.2, 0) is 0 Å². The highest BCUT2D eigenvalue weighted by Crippen LogP contribution is 2.33. The van der Waals surface area contributed by atoms with E-state index in [1.807, 2.05) is 12.1 Å². The minimum absolute atomic E-state index is 0.680. The van der Waals surface area contributed by atoms with Crippen LogP contribution in [0.15, 0.2) is 30.3 Å². The first-order valence-electron chi connectivity index (χ1n) is 4.28. The first-order valence-corrected chi connectivity index (χ1v) is 5.48. The fraction of sp³-hybridized carbons (Fsp3) is 0.0909. The number of nitrogen functional groups attached to an aromatic ring is 1. The standard InChI is InChI=1S/C11H10ClNS/c1-7-2-5-11(14-7)9-4-3-8(12)6-10(9)13/h2-6H,13H2,1H3.